The number of hydrogen-bond acceptors (Lipinski definition) is 6. The molecule has 0 saturated carbocycles. The van der Waals surface area contributed by atoms with E-state index in [-0.39, 0.29) is 0 Å². The van der Waals surface area contributed by atoms with E-state index in [0.717, 1.165) is 6.29 Å². The topological polar surface area (TPSA) is 80.5 Å². The van der Waals surface area contributed by atoms with Gasteiger partial charge in [0.05, 0.1) is 28.7 Å². The summed E-state index contributed by atoms with van der Waals surface area (Å²) in [5.41, 5.74) is 6.02. The fraction of sp³-hybridized carbons (Fsp3) is 0.0556. The fourth-order valence-electron chi connectivity index (χ4n) is 2.03. The van der Waals surface area contributed by atoms with Crippen molar-refractivity contribution in [1.82, 2.24) is 5.01 Å². The number of carbonyl (C=O) groups excluding carboxylic acids is 1. The molecule has 24 heavy (non-hydrogen) atoms. The third kappa shape index (κ3) is 3.78. The fourth-order valence-corrected chi connectivity index (χ4v) is 2.03. The van der Waals surface area contributed by atoms with Crippen LogP contribution in [0.2, 0.25) is 0 Å². The SMILES string of the molecule is C=Nc1ccc(C#N)cc1NN(C)C(=C)Nc1ccccc1C=O. The predicted octanol–water partition coefficient (Wildman–Crippen LogP) is 3.54. The molecule has 2 N–H and O–H groups in total. The molecule has 0 aliphatic heterocycles. The van der Waals surface area contributed by atoms with Crippen molar-refractivity contribution in [3.8, 4) is 6.07 Å². The minimum absolute atomic E-state index is 0.503. The summed E-state index contributed by atoms with van der Waals surface area (Å²) < 4.78 is 0. The van der Waals surface area contributed by atoms with Crippen LogP contribution in [0.4, 0.5) is 17.1 Å². The number of hydrazine groups is 1. The molecule has 120 valence electrons. The Hall–Kier alpha value is -3.59. The highest BCUT2D eigenvalue weighted by atomic mass is 16.1. The summed E-state index contributed by atoms with van der Waals surface area (Å²) in [6, 6.07) is 14.2. The molecule has 0 atom stereocenters. The van der Waals surface area contributed by atoms with Gasteiger partial charge in [-0.1, -0.05) is 18.7 Å². The van der Waals surface area contributed by atoms with E-state index in [1.54, 1.807) is 48.5 Å². The van der Waals surface area contributed by atoms with Crippen LogP contribution in [0.25, 0.3) is 0 Å². The lowest BCUT2D eigenvalue weighted by Gasteiger charge is -2.25. The van der Waals surface area contributed by atoms with Crippen LogP contribution in [-0.4, -0.2) is 25.1 Å². The first-order valence-electron chi connectivity index (χ1n) is 7.10. The first-order chi connectivity index (χ1) is 11.6. The van der Waals surface area contributed by atoms with Crippen LogP contribution in [0.1, 0.15) is 15.9 Å². The van der Waals surface area contributed by atoms with E-state index in [4.69, 9.17) is 5.26 Å². The van der Waals surface area contributed by atoms with Gasteiger partial charge >= 0.3 is 0 Å². The molecular formula is C18H17N5O. The maximum Gasteiger partial charge on any atom is 0.152 e. The normalized spacial score (nSPS) is 9.50. The minimum atomic E-state index is 0.503. The lowest BCUT2D eigenvalue weighted by Crippen LogP contribution is -2.28. The van der Waals surface area contributed by atoms with E-state index in [2.05, 4.69) is 35.1 Å². The van der Waals surface area contributed by atoms with E-state index in [1.165, 1.54) is 0 Å². The lowest BCUT2D eigenvalue weighted by atomic mass is 10.2. The van der Waals surface area contributed by atoms with Crippen molar-refractivity contribution in [3.63, 3.8) is 0 Å². The van der Waals surface area contributed by atoms with Crippen LogP contribution >= 0.6 is 0 Å². The highest BCUT2D eigenvalue weighted by Crippen LogP contribution is 2.26. The van der Waals surface area contributed by atoms with Gasteiger partial charge in [-0.2, -0.15) is 5.26 Å². The zero-order valence-electron chi connectivity index (χ0n) is 13.3. The molecular weight excluding hydrogens is 302 g/mol. The molecule has 0 unspecified atom stereocenters. The number of aliphatic imine (C=N–C) groups is 1. The maximum atomic E-state index is 11.1. The third-order valence-corrected chi connectivity index (χ3v) is 3.36. The van der Waals surface area contributed by atoms with Crippen molar-refractivity contribution in [2.24, 2.45) is 4.99 Å². The maximum absolute atomic E-state index is 11.1. The van der Waals surface area contributed by atoms with E-state index in [9.17, 15) is 4.79 Å². The molecule has 0 heterocycles. The van der Waals surface area contributed by atoms with Crippen LogP contribution in [0.5, 0.6) is 0 Å². The molecule has 0 amide bonds. The molecule has 0 saturated heterocycles. The molecule has 2 rings (SSSR count). The van der Waals surface area contributed by atoms with Crippen molar-refractivity contribution in [3.05, 3.63) is 66.0 Å². The Balaban J connectivity index is 2.16. The molecule has 0 aliphatic carbocycles. The van der Waals surface area contributed by atoms with Crippen molar-refractivity contribution in [1.29, 1.82) is 5.26 Å². The molecule has 0 radical (unpaired) electrons. The van der Waals surface area contributed by atoms with Gasteiger partial charge in [0.15, 0.2) is 6.29 Å². The van der Waals surface area contributed by atoms with Crippen molar-refractivity contribution < 1.29 is 4.79 Å². The summed E-state index contributed by atoms with van der Waals surface area (Å²) >= 11 is 0. The number of benzene rings is 2. The Kier molecular flexibility index (Phi) is 5.32. The van der Waals surface area contributed by atoms with Gasteiger partial charge in [-0.25, -0.2) is 0 Å². The van der Waals surface area contributed by atoms with Gasteiger partial charge in [0.1, 0.15) is 5.82 Å². The molecule has 6 heteroatoms. The highest BCUT2D eigenvalue weighted by Gasteiger charge is 2.09. The average Bonchev–Trinajstić information content (AvgIpc) is 2.61. The standard InChI is InChI=1S/C18H17N5O/c1-13(21-16-7-5-4-6-15(16)12-24)23(3)22-18-10-14(11-19)8-9-17(18)20-2/h4-10,12,21-22H,1-2H2,3H3. The second kappa shape index (κ2) is 7.61. The number of rotatable bonds is 7. The minimum Gasteiger partial charge on any atom is -0.340 e. The first kappa shape index (κ1) is 16.8. The second-order valence-electron chi connectivity index (χ2n) is 4.95. The van der Waals surface area contributed by atoms with Gasteiger partial charge in [-0.15, -0.1) is 0 Å². The Morgan fingerprint density at radius 2 is 2.04 bits per heavy atom. The molecule has 0 aromatic heterocycles. The van der Waals surface area contributed by atoms with Crippen LogP contribution in [0.15, 0.2) is 59.9 Å². The number of anilines is 2. The van der Waals surface area contributed by atoms with Crippen LogP contribution in [0, 0.1) is 11.3 Å². The molecule has 6 nitrogen and oxygen atoms in total. The number of nitriles is 1. The lowest BCUT2D eigenvalue weighted by molar-refractivity contribution is 0.112. The summed E-state index contributed by atoms with van der Waals surface area (Å²) in [4.78, 5) is 15.0. The Morgan fingerprint density at radius 3 is 2.71 bits per heavy atom. The molecule has 0 fully saturated rings. The van der Waals surface area contributed by atoms with E-state index in [0.29, 0.717) is 34.0 Å². The monoisotopic (exact) mass is 319 g/mol. The van der Waals surface area contributed by atoms with Crippen LogP contribution in [-0.2, 0) is 0 Å². The zero-order chi connectivity index (χ0) is 17.5. The second-order valence-corrected chi connectivity index (χ2v) is 4.95. The largest absolute Gasteiger partial charge is 0.340 e. The van der Waals surface area contributed by atoms with Gasteiger partial charge in [0, 0.05) is 12.6 Å². The summed E-state index contributed by atoms with van der Waals surface area (Å²) in [5, 5.41) is 13.7. The number of nitrogens with zero attached hydrogens (tertiary/aromatic N) is 3. The predicted molar refractivity (Wildman–Crippen MR) is 96.3 cm³/mol. The Labute approximate surface area is 140 Å². The highest BCUT2D eigenvalue weighted by molar-refractivity contribution is 5.84. The quantitative estimate of drug-likeness (QED) is 0.463. The molecule has 2 aromatic carbocycles. The van der Waals surface area contributed by atoms with E-state index in [1.807, 2.05) is 6.07 Å². The Morgan fingerprint density at radius 1 is 1.29 bits per heavy atom. The summed E-state index contributed by atoms with van der Waals surface area (Å²) in [6.45, 7) is 7.47. The number of carbonyl (C=O) groups is 1. The first-order valence-corrected chi connectivity index (χ1v) is 7.10. The number of nitrogens with one attached hydrogen (secondary N) is 2. The van der Waals surface area contributed by atoms with Crippen molar-refractivity contribution >= 4 is 30.1 Å². The van der Waals surface area contributed by atoms with Gasteiger partial charge in [0.2, 0.25) is 0 Å². The molecule has 0 bridgehead atoms. The van der Waals surface area contributed by atoms with Gasteiger partial charge in [-0.05, 0) is 37.0 Å². The van der Waals surface area contributed by atoms with Crippen molar-refractivity contribution in [2.75, 3.05) is 17.8 Å². The third-order valence-electron chi connectivity index (χ3n) is 3.36. The number of hydrogen-bond donors (Lipinski definition) is 2. The van der Waals surface area contributed by atoms with Crippen molar-refractivity contribution in [2.45, 2.75) is 0 Å². The van der Waals surface area contributed by atoms with Gasteiger partial charge in [0.25, 0.3) is 0 Å². The zero-order valence-corrected chi connectivity index (χ0v) is 13.3. The summed E-state index contributed by atoms with van der Waals surface area (Å²) in [7, 11) is 1.75. The number of aldehydes is 1. The van der Waals surface area contributed by atoms with Gasteiger partial charge in [-0.3, -0.25) is 20.2 Å². The Bertz CT molecular complexity index is 822. The summed E-state index contributed by atoms with van der Waals surface area (Å²) in [5.74, 6) is 0.515. The summed E-state index contributed by atoms with van der Waals surface area (Å²) in [6.07, 6.45) is 0.777. The van der Waals surface area contributed by atoms with Crippen LogP contribution in [0.3, 0.4) is 0 Å². The smallest absolute Gasteiger partial charge is 0.152 e. The molecule has 0 spiro atoms. The van der Waals surface area contributed by atoms with Crippen LogP contribution < -0.4 is 10.7 Å². The average molecular weight is 319 g/mol. The molecule has 0 aliphatic rings. The number of para-hydroxylation sites is 1. The van der Waals surface area contributed by atoms with E-state index >= 15 is 0 Å². The van der Waals surface area contributed by atoms with E-state index < -0.39 is 0 Å². The van der Waals surface area contributed by atoms with Gasteiger partial charge < -0.3 is 5.32 Å². The molecule has 2 aromatic rings.